The fraction of sp³-hybridized carbons (Fsp3) is 1.00. The summed E-state index contributed by atoms with van der Waals surface area (Å²) in [5.74, 6) is 0. The van der Waals surface area contributed by atoms with Crippen LogP contribution in [0.2, 0.25) is 0 Å². The molecule has 0 unspecified atom stereocenters. The lowest BCUT2D eigenvalue weighted by Gasteiger charge is -2.29. The maximum Gasteiger partial charge on any atom is 0.302 e. The highest BCUT2D eigenvalue weighted by molar-refractivity contribution is 7.87. The Bertz CT molecular complexity index is 275. The summed E-state index contributed by atoms with van der Waals surface area (Å²) in [6, 6.07) is 0. The largest absolute Gasteiger partial charge is 0.302 e. The van der Waals surface area contributed by atoms with Gasteiger partial charge in [-0.1, -0.05) is 4.47 Å². The molecule has 0 aliphatic carbocycles. The van der Waals surface area contributed by atoms with Crippen LogP contribution in [0, 0.1) is 0 Å². The van der Waals surface area contributed by atoms with Gasteiger partial charge in [-0.25, -0.2) is 0 Å². The molecule has 0 spiro atoms. The van der Waals surface area contributed by atoms with Gasteiger partial charge in [-0.2, -0.15) is 13.1 Å². The molecule has 0 saturated carbocycles. The number of nitrogens with one attached hydrogen (secondary N) is 1. The summed E-state index contributed by atoms with van der Waals surface area (Å²) in [6.45, 7) is 6.31. The molecule has 0 bridgehead atoms. The molecule has 1 aliphatic rings. The van der Waals surface area contributed by atoms with Gasteiger partial charge in [0.2, 0.25) is 0 Å². The van der Waals surface area contributed by atoms with Crippen LogP contribution < -0.4 is 4.72 Å². The Morgan fingerprint density at radius 1 is 1.29 bits per heavy atom. The minimum absolute atomic E-state index is 0.436. The predicted octanol–water partition coefficient (Wildman–Crippen LogP) is 0.647. The average molecular weight is 222 g/mol. The number of hydrogen-bond acceptors (Lipinski definition) is 3. The summed E-state index contributed by atoms with van der Waals surface area (Å²) >= 11 is 0. The van der Waals surface area contributed by atoms with E-state index in [2.05, 4.69) is 4.72 Å². The standard InChI is InChI=1S/C8H18N2O3S/c1-8(2,3)9-14(11,12)10-6-4-5-7-13-10/h9H,4-7H2,1-3H3. The molecule has 6 heteroatoms. The maximum atomic E-state index is 11.7. The average Bonchev–Trinajstić information content (AvgIpc) is 2.01. The van der Waals surface area contributed by atoms with Gasteiger partial charge in [0.15, 0.2) is 0 Å². The minimum atomic E-state index is -3.48. The fourth-order valence-electron chi connectivity index (χ4n) is 1.20. The topological polar surface area (TPSA) is 58.6 Å². The molecule has 14 heavy (non-hydrogen) atoms. The molecule has 1 rings (SSSR count). The second kappa shape index (κ2) is 4.14. The fourth-order valence-corrected chi connectivity index (χ4v) is 2.66. The van der Waals surface area contributed by atoms with Crippen LogP contribution in [0.1, 0.15) is 33.6 Å². The zero-order chi connectivity index (χ0) is 10.8. The molecule has 1 heterocycles. The Labute approximate surface area is 85.6 Å². The number of rotatable bonds is 2. The molecule has 0 amide bonds. The Morgan fingerprint density at radius 3 is 2.36 bits per heavy atom. The number of hydrogen-bond donors (Lipinski definition) is 1. The van der Waals surface area contributed by atoms with Gasteiger partial charge in [0, 0.05) is 12.1 Å². The second-order valence-corrected chi connectivity index (χ2v) is 5.99. The molecule has 1 saturated heterocycles. The molecule has 1 aliphatic heterocycles. The van der Waals surface area contributed by atoms with E-state index in [1.807, 2.05) is 0 Å². The van der Waals surface area contributed by atoms with Crippen LogP contribution in [0.5, 0.6) is 0 Å². The Hall–Kier alpha value is -0.170. The molecular formula is C8H18N2O3S. The first-order valence-electron chi connectivity index (χ1n) is 4.76. The van der Waals surface area contributed by atoms with Crippen molar-refractivity contribution in [3.63, 3.8) is 0 Å². The summed E-state index contributed by atoms with van der Waals surface area (Å²) in [7, 11) is -3.48. The van der Waals surface area contributed by atoms with Crippen LogP contribution in [0.15, 0.2) is 0 Å². The molecular weight excluding hydrogens is 204 g/mol. The molecule has 5 nitrogen and oxygen atoms in total. The molecule has 0 aromatic carbocycles. The first-order chi connectivity index (χ1) is 6.31. The summed E-state index contributed by atoms with van der Waals surface area (Å²) in [6.07, 6.45) is 1.77. The summed E-state index contributed by atoms with van der Waals surface area (Å²) < 4.78 is 27.0. The highest BCUT2D eigenvalue weighted by atomic mass is 32.2. The van der Waals surface area contributed by atoms with Crippen LogP contribution in [-0.2, 0) is 15.0 Å². The van der Waals surface area contributed by atoms with Gasteiger partial charge in [-0.15, -0.1) is 0 Å². The zero-order valence-electron chi connectivity index (χ0n) is 8.91. The van der Waals surface area contributed by atoms with E-state index in [9.17, 15) is 8.42 Å². The Balaban J connectivity index is 2.64. The minimum Gasteiger partial charge on any atom is -0.283 e. The number of nitrogens with zero attached hydrogens (tertiary/aromatic N) is 1. The highest BCUT2D eigenvalue weighted by Gasteiger charge is 2.29. The van der Waals surface area contributed by atoms with E-state index in [0.717, 1.165) is 17.3 Å². The predicted molar refractivity (Wildman–Crippen MR) is 53.7 cm³/mol. The summed E-state index contributed by atoms with van der Waals surface area (Å²) in [5.41, 5.74) is -0.473. The van der Waals surface area contributed by atoms with Crippen LogP contribution in [0.25, 0.3) is 0 Å². The third-order valence-corrected chi connectivity index (χ3v) is 3.37. The van der Waals surface area contributed by atoms with Gasteiger partial charge in [0.1, 0.15) is 0 Å². The van der Waals surface area contributed by atoms with Gasteiger partial charge in [0.25, 0.3) is 0 Å². The summed E-state index contributed by atoms with van der Waals surface area (Å²) in [5, 5.41) is 0. The lowest BCUT2D eigenvalue weighted by molar-refractivity contribution is -0.110. The first kappa shape index (κ1) is 11.9. The van der Waals surface area contributed by atoms with Crippen molar-refractivity contribution in [2.24, 2.45) is 0 Å². The lowest BCUT2D eigenvalue weighted by atomic mass is 10.1. The molecule has 0 radical (unpaired) electrons. The van der Waals surface area contributed by atoms with Crippen molar-refractivity contribution < 1.29 is 13.3 Å². The van der Waals surface area contributed by atoms with Gasteiger partial charge in [-0.3, -0.25) is 4.84 Å². The molecule has 1 N–H and O–H groups in total. The van der Waals surface area contributed by atoms with E-state index in [1.165, 1.54) is 0 Å². The number of hydroxylamine groups is 1. The monoisotopic (exact) mass is 222 g/mol. The van der Waals surface area contributed by atoms with Gasteiger partial charge in [0.05, 0.1) is 6.61 Å². The normalized spacial score (nSPS) is 21.1. The lowest BCUT2D eigenvalue weighted by Crippen LogP contribution is -2.50. The Morgan fingerprint density at radius 2 is 1.93 bits per heavy atom. The van der Waals surface area contributed by atoms with E-state index in [4.69, 9.17) is 4.84 Å². The Kier molecular flexibility index (Phi) is 3.52. The molecule has 1 fully saturated rings. The smallest absolute Gasteiger partial charge is 0.283 e. The highest BCUT2D eigenvalue weighted by Crippen LogP contribution is 2.12. The van der Waals surface area contributed by atoms with E-state index in [-0.39, 0.29) is 0 Å². The van der Waals surface area contributed by atoms with Crippen molar-refractivity contribution in [3.05, 3.63) is 0 Å². The maximum absolute atomic E-state index is 11.7. The molecule has 84 valence electrons. The third kappa shape index (κ3) is 3.53. The van der Waals surface area contributed by atoms with Gasteiger partial charge in [-0.05, 0) is 33.6 Å². The first-order valence-corrected chi connectivity index (χ1v) is 6.20. The van der Waals surface area contributed by atoms with E-state index in [0.29, 0.717) is 13.2 Å². The third-order valence-electron chi connectivity index (χ3n) is 1.67. The van der Waals surface area contributed by atoms with Crippen molar-refractivity contribution in [2.75, 3.05) is 13.2 Å². The molecule has 0 atom stereocenters. The van der Waals surface area contributed by atoms with Crippen LogP contribution >= 0.6 is 0 Å². The van der Waals surface area contributed by atoms with Crippen LogP contribution in [0.3, 0.4) is 0 Å². The zero-order valence-corrected chi connectivity index (χ0v) is 9.73. The van der Waals surface area contributed by atoms with E-state index >= 15 is 0 Å². The SMILES string of the molecule is CC(C)(C)NS(=O)(=O)N1CCCCO1. The van der Waals surface area contributed by atoms with Crippen LogP contribution in [-0.4, -0.2) is 31.6 Å². The van der Waals surface area contributed by atoms with Crippen molar-refractivity contribution in [1.29, 1.82) is 0 Å². The summed E-state index contributed by atoms with van der Waals surface area (Å²) in [4.78, 5) is 5.07. The van der Waals surface area contributed by atoms with Crippen molar-refractivity contribution in [2.45, 2.75) is 39.2 Å². The van der Waals surface area contributed by atoms with Gasteiger partial charge >= 0.3 is 10.2 Å². The van der Waals surface area contributed by atoms with Crippen molar-refractivity contribution in [1.82, 2.24) is 9.19 Å². The second-order valence-electron chi connectivity index (χ2n) is 4.42. The molecule has 0 aromatic rings. The quantitative estimate of drug-likeness (QED) is 0.746. The van der Waals surface area contributed by atoms with Crippen molar-refractivity contribution >= 4 is 10.2 Å². The molecule has 0 aromatic heterocycles. The van der Waals surface area contributed by atoms with Gasteiger partial charge < -0.3 is 0 Å². The van der Waals surface area contributed by atoms with Crippen molar-refractivity contribution in [3.8, 4) is 0 Å². The van der Waals surface area contributed by atoms with E-state index in [1.54, 1.807) is 20.8 Å². The van der Waals surface area contributed by atoms with E-state index < -0.39 is 15.7 Å². The van der Waals surface area contributed by atoms with Crippen LogP contribution in [0.4, 0.5) is 0 Å².